The Bertz CT molecular complexity index is 474. The minimum atomic E-state index is -4.57. The molecule has 1 atom stereocenters. The summed E-state index contributed by atoms with van der Waals surface area (Å²) in [6, 6.07) is 2.36. The maximum atomic E-state index is 13.0. The number of hydrogen-bond donors (Lipinski definition) is 1. The van der Waals surface area contributed by atoms with E-state index in [1.807, 2.05) is 0 Å². The van der Waals surface area contributed by atoms with Crippen LogP contribution < -0.4 is 10.5 Å². The molecule has 0 aromatic heterocycles. The minimum Gasteiger partial charge on any atom is -0.497 e. The number of rotatable bonds is 5. The molecule has 1 aromatic rings. The van der Waals surface area contributed by atoms with Gasteiger partial charge in [0.1, 0.15) is 5.75 Å². The minimum absolute atomic E-state index is 0.0735. The van der Waals surface area contributed by atoms with Crippen LogP contribution in [0.2, 0.25) is 0 Å². The SMILES string of the molecule is CCOC(=O)C[C@H](N)c1ccc(OC)cc1C(F)(F)F. The van der Waals surface area contributed by atoms with Crippen molar-refractivity contribution >= 4 is 5.97 Å². The van der Waals surface area contributed by atoms with Crippen molar-refractivity contribution in [2.24, 2.45) is 5.73 Å². The average molecular weight is 291 g/mol. The van der Waals surface area contributed by atoms with Crippen molar-refractivity contribution in [3.05, 3.63) is 29.3 Å². The molecule has 4 nitrogen and oxygen atoms in total. The molecule has 0 unspecified atom stereocenters. The summed E-state index contributed by atoms with van der Waals surface area (Å²) < 4.78 is 48.4. The van der Waals surface area contributed by atoms with Crippen LogP contribution in [0, 0.1) is 0 Å². The molecule has 0 aliphatic heterocycles. The standard InChI is InChI=1S/C13H16F3NO3/c1-3-20-12(18)7-11(17)9-5-4-8(19-2)6-10(9)13(14,15)16/h4-6,11H,3,7,17H2,1-2H3/t11-/m0/s1. The van der Waals surface area contributed by atoms with E-state index in [9.17, 15) is 18.0 Å². The number of esters is 1. The monoisotopic (exact) mass is 291 g/mol. The fraction of sp³-hybridized carbons (Fsp3) is 0.462. The Balaban J connectivity index is 3.07. The van der Waals surface area contributed by atoms with Crippen molar-refractivity contribution < 1.29 is 27.4 Å². The number of alkyl halides is 3. The largest absolute Gasteiger partial charge is 0.497 e. The molecular weight excluding hydrogens is 275 g/mol. The molecule has 0 amide bonds. The molecule has 7 heteroatoms. The zero-order valence-corrected chi connectivity index (χ0v) is 11.2. The molecule has 0 saturated heterocycles. The number of methoxy groups -OCH3 is 1. The van der Waals surface area contributed by atoms with E-state index in [0.717, 1.165) is 6.07 Å². The Morgan fingerprint density at radius 1 is 1.40 bits per heavy atom. The van der Waals surface area contributed by atoms with Crippen molar-refractivity contribution in [3.63, 3.8) is 0 Å². The first-order chi connectivity index (χ1) is 9.29. The van der Waals surface area contributed by atoms with Crippen molar-refractivity contribution in [1.82, 2.24) is 0 Å². The van der Waals surface area contributed by atoms with Crippen LogP contribution in [0.25, 0.3) is 0 Å². The van der Waals surface area contributed by atoms with E-state index in [0.29, 0.717) is 0 Å². The lowest BCUT2D eigenvalue weighted by Crippen LogP contribution is -2.21. The fourth-order valence-electron chi connectivity index (χ4n) is 1.74. The smallest absolute Gasteiger partial charge is 0.416 e. The van der Waals surface area contributed by atoms with Gasteiger partial charge in [-0.3, -0.25) is 4.79 Å². The summed E-state index contributed by atoms with van der Waals surface area (Å²) in [5, 5.41) is 0. The lowest BCUT2D eigenvalue weighted by molar-refractivity contribution is -0.144. The summed E-state index contributed by atoms with van der Waals surface area (Å²) in [5.41, 5.74) is 4.60. The van der Waals surface area contributed by atoms with Crippen LogP contribution >= 0.6 is 0 Å². The van der Waals surface area contributed by atoms with Crippen LogP contribution in [0.3, 0.4) is 0 Å². The van der Waals surface area contributed by atoms with E-state index in [1.54, 1.807) is 6.92 Å². The van der Waals surface area contributed by atoms with Gasteiger partial charge in [-0.2, -0.15) is 13.2 Å². The third-order valence-corrected chi connectivity index (χ3v) is 2.66. The molecule has 0 heterocycles. The van der Waals surface area contributed by atoms with Crippen molar-refractivity contribution in [2.75, 3.05) is 13.7 Å². The highest BCUT2D eigenvalue weighted by Crippen LogP contribution is 2.37. The van der Waals surface area contributed by atoms with E-state index < -0.39 is 23.8 Å². The highest BCUT2D eigenvalue weighted by atomic mass is 19.4. The molecule has 112 valence electrons. The van der Waals surface area contributed by atoms with Gasteiger partial charge in [-0.1, -0.05) is 6.07 Å². The number of carbonyl (C=O) groups excluding carboxylic acids is 1. The van der Waals surface area contributed by atoms with Crippen LogP contribution in [0.1, 0.15) is 30.5 Å². The predicted octanol–water partition coefficient (Wildman–Crippen LogP) is 2.67. The van der Waals surface area contributed by atoms with Crippen LogP contribution in [-0.2, 0) is 15.7 Å². The van der Waals surface area contributed by atoms with Gasteiger partial charge in [0.25, 0.3) is 0 Å². The molecule has 20 heavy (non-hydrogen) atoms. The molecule has 0 fully saturated rings. The molecule has 0 saturated carbocycles. The summed E-state index contributed by atoms with van der Waals surface area (Å²) >= 11 is 0. The zero-order valence-electron chi connectivity index (χ0n) is 11.2. The number of halogens is 3. The second kappa shape index (κ2) is 6.60. The zero-order chi connectivity index (χ0) is 15.3. The maximum Gasteiger partial charge on any atom is 0.416 e. The topological polar surface area (TPSA) is 61.5 Å². The van der Waals surface area contributed by atoms with Crippen LogP contribution in [-0.4, -0.2) is 19.7 Å². The van der Waals surface area contributed by atoms with Gasteiger partial charge in [0.05, 0.1) is 25.7 Å². The van der Waals surface area contributed by atoms with Crippen molar-refractivity contribution in [3.8, 4) is 5.75 Å². The number of nitrogens with two attached hydrogens (primary N) is 1. The Morgan fingerprint density at radius 2 is 2.05 bits per heavy atom. The van der Waals surface area contributed by atoms with Gasteiger partial charge in [0.2, 0.25) is 0 Å². The number of benzene rings is 1. The second-order valence-corrected chi connectivity index (χ2v) is 4.07. The van der Waals surface area contributed by atoms with Crippen molar-refractivity contribution in [1.29, 1.82) is 0 Å². The van der Waals surface area contributed by atoms with Crippen LogP contribution in [0.4, 0.5) is 13.2 Å². The van der Waals surface area contributed by atoms with Gasteiger partial charge in [-0.05, 0) is 24.6 Å². The third-order valence-electron chi connectivity index (χ3n) is 2.66. The molecule has 0 spiro atoms. The molecule has 0 radical (unpaired) electrons. The summed E-state index contributed by atoms with van der Waals surface area (Å²) in [6.45, 7) is 1.76. The first kappa shape index (κ1) is 16.3. The summed E-state index contributed by atoms with van der Waals surface area (Å²) in [4.78, 5) is 11.3. The van der Waals surface area contributed by atoms with E-state index in [1.165, 1.54) is 19.2 Å². The Kier molecular flexibility index (Phi) is 5.38. The van der Waals surface area contributed by atoms with E-state index >= 15 is 0 Å². The Morgan fingerprint density at radius 3 is 2.55 bits per heavy atom. The van der Waals surface area contributed by atoms with Gasteiger partial charge < -0.3 is 15.2 Å². The Labute approximate surface area is 114 Å². The number of carbonyl (C=O) groups is 1. The molecule has 1 aromatic carbocycles. The lowest BCUT2D eigenvalue weighted by atomic mass is 9.98. The maximum absolute atomic E-state index is 13.0. The lowest BCUT2D eigenvalue weighted by Gasteiger charge is -2.18. The molecule has 0 aliphatic rings. The first-order valence-corrected chi connectivity index (χ1v) is 5.96. The Hall–Kier alpha value is -1.76. The third kappa shape index (κ3) is 4.12. The number of hydrogen-bond acceptors (Lipinski definition) is 4. The predicted molar refractivity (Wildman–Crippen MR) is 66.2 cm³/mol. The molecule has 1 rings (SSSR count). The normalized spacial score (nSPS) is 12.9. The quantitative estimate of drug-likeness (QED) is 0.847. The van der Waals surface area contributed by atoms with Crippen molar-refractivity contribution in [2.45, 2.75) is 25.6 Å². The van der Waals surface area contributed by atoms with Gasteiger partial charge in [-0.15, -0.1) is 0 Å². The number of ether oxygens (including phenoxy) is 2. The van der Waals surface area contributed by atoms with Gasteiger partial charge in [0, 0.05) is 6.04 Å². The summed E-state index contributed by atoms with van der Waals surface area (Å²) in [5.74, 6) is -0.562. The molecule has 0 bridgehead atoms. The summed E-state index contributed by atoms with van der Waals surface area (Å²) in [7, 11) is 1.27. The molecular formula is C13H16F3NO3. The summed E-state index contributed by atoms with van der Waals surface area (Å²) in [6.07, 6.45) is -4.89. The van der Waals surface area contributed by atoms with Crippen LogP contribution in [0.15, 0.2) is 18.2 Å². The fourth-order valence-corrected chi connectivity index (χ4v) is 1.74. The second-order valence-electron chi connectivity index (χ2n) is 4.07. The van der Waals surface area contributed by atoms with E-state index in [2.05, 4.69) is 4.74 Å². The van der Waals surface area contributed by atoms with Crippen LogP contribution in [0.5, 0.6) is 5.75 Å². The highest BCUT2D eigenvalue weighted by molar-refractivity contribution is 5.70. The first-order valence-electron chi connectivity index (χ1n) is 5.96. The molecule has 2 N–H and O–H groups in total. The highest BCUT2D eigenvalue weighted by Gasteiger charge is 2.35. The average Bonchev–Trinajstić information content (AvgIpc) is 2.37. The van der Waals surface area contributed by atoms with E-state index in [-0.39, 0.29) is 24.3 Å². The molecule has 0 aliphatic carbocycles. The van der Waals surface area contributed by atoms with E-state index in [4.69, 9.17) is 10.5 Å². The van der Waals surface area contributed by atoms with Gasteiger partial charge in [0.15, 0.2) is 0 Å². The van der Waals surface area contributed by atoms with Gasteiger partial charge in [-0.25, -0.2) is 0 Å². The van der Waals surface area contributed by atoms with Gasteiger partial charge >= 0.3 is 12.1 Å².